The Morgan fingerprint density at radius 2 is 2.00 bits per heavy atom. The number of rotatable bonds is 3. The standard InChI is InChI=1S/C16H13FN2O4/c17-12-4-1-10(2-5-12)8-19-13-7-11(16(21)18-22)3-6-14(13)23-9-15(19)20/h1-7,22H,8-9H2,(H,18,21). The second-order valence-corrected chi connectivity index (χ2v) is 5.02. The Morgan fingerprint density at radius 1 is 1.26 bits per heavy atom. The number of benzene rings is 2. The molecule has 118 valence electrons. The number of hydroxylamine groups is 1. The Labute approximate surface area is 131 Å². The van der Waals surface area contributed by atoms with Crippen LogP contribution < -0.4 is 15.1 Å². The monoisotopic (exact) mass is 316 g/mol. The van der Waals surface area contributed by atoms with Gasteiger partial charge in [0.25, 0.3) is 11.8 Å². The summed E-state index contributed by atoms with van der Waals surface area (Å²) in [6.07, 6.45) is 0. The number of hydrogen-bond acceptors (Lipinski definition) is 4. The molecule has 0 unspecified atom stereocenters. The minimum atomic E-state index is -0.687. The summed E-state index contributed by atoms with van der Waals surface area (Å²) in [6, 6.07) is 10.3. The van der Waals surface area contributed by atoms with Gasteiger partial charge in [0.1, 0.15) is 11.6 Å². The molecule has 1 aliphatic rings. The number of nitrogens with zero attached hydrogens (tertiary/aromatic N) is 1. The van der Waals surface area contributed by atoms with E-state index in [2.05, 4.69) is 0 Å². The van der Waals surface area contributed by atoms with E-state index >= 15 is 0 Å². The number of halogens is 1. The highest BCUT2D eigenvalue weighted by atomic mass is 19.1. The second-order valence-electron chi connectivity index (χ2n) is 5.02. The third kappa shape index (κ3) is 3.00. The summed E-state index contributed by atoms with van der Waals surface area (Å²) < 4.78 is 18.3. The maximum atomic E-state index is 13.0. The van der Waals surface area contributed by atoms with Crippen LogP contribution in [0.4, 0.5) is 10.1 Å². The summed E-state index contributed by atoms with van der Waals surface area (Å²) in [7, 11) is 0. The SMILES string of the molecule is O=C(NO)c1ccc2c(c1)N(Cc1ccc(F)cc1)C(=O)CO2. The Kier molecular flexibility index (Phi) is 3.94. The Hall–Kier alpha value is -2.93. The number of ether oxygens (including phenoxy) is 1. The van der Waals surface area contributed by atoms with Gasteiger partial charge >= 0.3 is 0 Å². The van der Waals surface area contributed by atoms with Crippen molar-refractivity contribution >= 4 is 17.5 Å². The molecule has 0 aliphatic carbocycles. The zero-order valence-corrected chi connectivity index (χ0v) is 12.0. The molecule has 2 amide bonds. The molecule has 1 heterocycles. The van der Waals surface area contributed by atoms with Crippen LogP contribution in [0.25, 0.3) is 0 Å². The molecule has 0 saturated heterocycles. The molecule has 0 bridgehead atoms. The third-order valence-corrected chi connectivity index (χ3v) is 3.52. The normalized spacial score (nSPS) is 13.3. The molecule has 0 aromatic heterocycles. The molecule has 0 saturated carbocycles. The van der Waals surface area contributed by atoms with Gasteiger partial charge in [-0.15, -0.1) is 0 Å². The van der Waals surface area contributed by atoms with Crippen LogP contribution in [0, 0.1) is 5.82 Å². The Morgan fingerprint density at radius 3 is 2.70 bits per heavy atom. The summed E-state index contributed by atoms with van der Waals surface area (Å²) in [5, 5.41) is 8.72. The van der Waals surface area contributed by atoms with Crippen LogP contribution in [0.5, 0.6) is 5.75 Å². The molecule has 0 fully saturated rings. The van der Waals surface area contributed by atoms with Crippen molar-refractivity contribution in [2.45, 2.75) is 6.54 Å². The smallest absolute Gasteiger partial charge is 0.274 e. The molecule has 23 heavy (non-hydrogen) atoms. The van der Waals surface area contributed by atoms with Crippen LogP contribution in [-0.2, 0) is 11.3 Å². The molecular weight excluding hydrogens is 303 g/mol. The molecule has 2 aromatic carbocycles. The Bertz CT molecular complexity index is 761. The highest BCUT2D eigenvalue weighted by Gasteiger charge is 2.26. The molecule has 2 aromatic rings. The largest absolute Gasteiger partial charge is 0.482 e. The first-order valence-corrected chi connectivity index (χ1v) is 6.84. The topological polar surface area (TPSA) is 78.9 Å². The minimum absolute atomic E-state index is 0.111. The van der Waals surface area contributed by atoms with Crippen LogP contribution in [-0.4, -0.2) is 23.6 Å². The fourth-order valence-electron chi connectivity index (χ4n) is 2.35. The van der Waals surface area contributed by atoms with Gasteiger partial charge in [-0.2, -0.15) is 0 Å². The van der Waals surface area contributed by atoms with Gasteiger partial charge in [-0.1, -0.05) is 12.1 Å². The quantitative estimate of drug-likeness (QED) is 0.669. The predicted octanol–water partition coefficient (Wildman–Crippen LogP) is 1.87. The fourth-order valence-corrected chi connectivity index (χ4v) is 2.35. The first-order chi connectivity index (χ1) is 11.1. The van der Waals surface area contributed by atoms with Crippen molar-refractivity contribution in [1.82, 2.24) is 5.48 Å². The van der Waals surface area contributed by atoms with Crippen LogP contribution >= 0.6 is 0 Å². The van der Waals surface area contributed by atoms with Crippen molar-refractivity contribution in [1.29, 1.82) is 0 Å². The molecule has 0 spiro atoms. The van der Waals surface area contributed by atoms with E-state index in [1.807, 2.05) is 0 Å². The molecule has 0 radical (unpaired) electrons. The number of anilines is 1. The highest BCUT2D eigenvalue weighted by Crippen LogP contribution is 2.34. The second kappa shape index (κ2) is 6.05. The maximum absolute atomic E-state index is 13.0. The minimum Gasteiger partial charge on any atom is -0.482 e. The van der Waals surface area contributed by atoms with Crippen molar-refractivity contribution in [3.63, 3.8) is 0 Å². The third-order valence-electron chi connectivity index (χ3n) is 3.52. The van der Waals surface area contributed by atoms with Crippen LogP contribution in [0.2, 0.25) is 0 Å². The van der Waals surface area contributed by atoms with Crippen LogP contribution in [0.1, 0.15) is 15.9 Å². The van der Waals surface area contributed by atoms with E-state index in [1.165, 1.54) is 29.2 Å². The van der Waals surface area contributed by atoms with Crippen molar-refractivity contribution in [3.8, 4) is 5.75 Å². The average molecular weight is 316 g/mol. The van der Waals surface area contributed by atoms with Gasteiger partial charge in [-0.3, -0.25) is 14.8 Å². The van der Waals surface area contributed by atoms with Crippen LogP contribution in [0.3, 0.4) is 0 Å². The fraction of sp³-hybridized carbons (Fsp3) is 0.125. The van der Waals surface area contributed by atoms with Crippen molar-refractivity contribution in [2.24, 2.45) is 0 Å². The first-order valence-electron chi connectivity index (χ1n) is 6.84. The summed E-state index contributed by atoms with van der Waals surface area (Å²) in [4.78, 5) is 25.2. The predicted molar refractivity (Wildman–Crippen MR) is 78.8 cm³/mol. The van der Waals surface area contributed by atoms with E-state index in [0.717, 1.165) is 5.56 Å². The van der Waals surface area contributed by atoms with Gasteiger partial charge in [0.2, 0.25) is 0 Å². The number of nitrogens with one attached hydrogen (secondary N) is 1. The number of hydrogen-bond donors (Lipinski definition) is 2. The van der Waals surface area contributed by atoms with E-state index in [4.69, 9.17) is 9.94 Å². The van der Waals surface area contributed by atoms with Crippen LogP contribution in [0.15, 0.2) is 42.5 Å². The molecular formula is C16H13FN2O4. The van der Waals surface area contributed by atoms with Gasteiger partial charge in [0.15, 0.2) is 6.61 Å². The zero-order chi connectivity index (χ0) is 16.4. The summed E-state index contributed by atoms with van der Waals surface area (Å²) in [5.74, 6) is -0.860. The first kappa shape index (κ1) is 15.0. The van der Waals surface area contributed by atoms with Gasteiger partial charge in [0, 0.05) is 5.56 Å². The van der Waals surface area contributed by atoms with E-state index < -0.39 is 5.91 Å². The van der Waals surface area contributed by atoms with E-state index in [9.17, 15) is 14.0 Å². The number of fused-ring (bicyclic) bond motifs is 1. The van der Waals surface area contributed by atoms with E-state index in [1.54, 1.807) is 23.7 Å². The maximum Gasteiger partial charge on any atom is 0.274 e. The lowest BCUT2D eigenvalue weighted by Crippen LogP contribution is -2.38. The summed E-state index contributed by atoms with van der Waals surface area (Å²) >= 11 is 0. The lowest BCUT2D eigenvalue weighted by Gasteiger charge is -2.29. The molecule has 2 N–H and O–H groups in total. The molecule has 3 rings (SSSR count). The van der Waals surface area contributed by atoms with Crippen molar-refractivity contribution in [2.75, 3.05) is 11.5 Å². The van der Waals surface area contributed by atoms with Crippen molar-refractivity contribution < 1.29 is 23.9 Å². The van der Waals surface area contributed by atoms with Gasteiger partial charge in [0.05, 0.1) is 12.2 Å². The summed E-state index contributed by atoms with van der Waals surface area (Å²) in [6.45, 7) is 0.111. The van der Waals surface area contributed by atoms with Gasteiger partial charge in [-0.25, -0.2) is 9.87 Å². The lowest BCUT2D eigenvalue weighted by atomic mass is 10.1. The molecule has 0 atom stereocenters. The number of carbonyl (C=O) groups excluding carboxylic acids is 2. The average Bonchev–Trinajstić information content (AvgIpc) is 2.58. The molecule has 1 aliphatic heterocycles. The van der Waals surface area contributed by atoms with Gasteiger partial charge in [-0.05, 0) is 35.9 Å². The lowest BCUT2D eigenvalue weighted by molar-refractivity contribution is -0.121. The Balaban J connectivity index is 1.96. The van der Waals surface area contributed by atoms with Gasteiger partial charge < -0.3 is 9.64 Å². The highest BCUT2D eigenvalue weighted by molar-refractivity contribution is 6.00. The number of carbonyl (C=O) groups is 2. The number of amides is 2. The molecule has 6 nitrogen and oxygen atoms in total. The van der Waals surface area contributed by atoms with E-state index in [0.29, 0.717) is 11.4 Å². The van der Waals surface area contributed by atoms with Crippen molar-refractivity contribution in [3.05, 3.63) is 59.4 Å². The van der Waals surface area contributed by atoms with E-state index in [-0.39, 0.29) is 30.4 Å². The molecule has 7 heteroatoms. The summed E-state index contributed by atoms with van der Waals surface area (Å²) in [5.41, 5.74) is 2.90. The zero-order valence-electron chi connectivity index (χ0n) is 12.0.